The molecule has 0 aliphatic heterocycles. The van der Waals surface area contributed by atoms with Gasteiger partial charge in [-0.2, -0.15) is 0 Å². The van der Waals surface area contributed by atoms with E-state index >= 15 is 0 Å². The van der Waals surface area contributed by atoms with Gasteiger partial charge in [0.25, 0.3) is 0 Å². The predicted molar refractivity (Wildman–Crippen MR) is 72.5 cm³/mol. The molecule has 5 heteroatoms. The first-order chi connectivity index (χ1) is 8.57. The fourth-order valence-electron chi connectivity index (χ4n) is 1.65. The lowest BCUT2D eigenvalue weighted by atomic mass is 10.2. The van der Waals surface area contributed by atoms with Crippen molar-refractivity contribution < 1.29 is 18.7 Å². The molecule has 0 radical (unpaired) electrons. The number of hydrogen-bond acceptors (Lipinski definition) is 2. The highest BCUT2D eigenvalue weighted by atomic mass is 32.2. The number of carbonyl (C=O) groups is 1. The number of carboxylic acid groups (broad SMARTS) is 1. The summed E-state index contributed by atoms with van der Waals surface area (Å²) in [6, 6.07) is 0. The van der Waals surface area contributed by atoms with Gasteiger partial charge in [-0.3, -0.25) is 4.79 Å². The van der Waals surface area contributed by atoms with E-state index in [0.29, 0.717) is 6.42 Å². The number of unbranched alkanes of at least 4 members (excludes halogenated alkanes) is 4. The van der Waals surface area contributed by atoms with Crippen molar-refractivity contribution >= 4 is 17.7 Å². The molecule has 0 amide bonds. The number of carboxylic acids is 1. The molecular weight excluding hydrogens is 258 g/mol. The maximum atomic E-state index is 11.9. The number of alkyl halides is 2. The Kier molecular flexibility index (Phi) is 11.5. The summed E-state index contributed by atoms with van der Waals surface area (Å²) >= 11 is 1.49. The van der Waals surface area contributed by atoms with E-state index in [2.05, 4.69) is 0 Å². The molecule has 0 rings (SSSR count). The van der Waals surface area contributed by atoms with Crippen LogP contribution in [0.1, 0.15) is 58.3 Å². The molecule has 0 spiro atoms. The monoisotopic (exact) mass is 282 g/mol. The van der Waals surface area contributed by atoms with E-state index in [9.17, 15) is 13.6 Å². The van der Waals surface area contributed by atoms with Crippen LogP contribution >= 0.6 is 11.8 Å². The van der Waals surface area contributed by atoms with Gasteiger partial charge in [0.1, 0.15) is 5.25 Å². The minimum atomic E-state index is -2.19. The maximum Gasteiger partial charge on any atom is 0.316 e. The lowest BCUT2D eigenvalue weighted by Crippen LogP contribution is -2.16. The van der Waals surface area contributed by atoms with Crippen molar-refractivity contribution in [3.8, 4) is 0 Å². The van der Waals surface area contributed by atoms with Gasteiger partial charge >= 0.3 is 5.97 Å². The maximum absolute atomic E-state index is 11.9. The zero-order chi connectivity index (χ0) is 13.8. The Labute approximate surface area is 113 Å². The first-order valence-corrected chi connectivity index (χ1v) is 7.75. The minimum absolute atomic E-state index is 0.0125. The molecule has 1 atom stereocenters. The third kappa shape index (κ3) is 10.8. The van der Waals surface area contributed by atoms with Crippen LogP contribution in [0.5, 0.6) is 0 Å². The molecular formula is C13H24F2O2S. The zero-order valence-electron chi connectivity index (χ0n) is 11.0. The van der Waals surface area contributed by atoms with Gasteiger partial charge < -0.3 is 5.11 Å². The summed E-state index contributed by atoms with van der Waals surface area (Å²) in [6.45, 7) is 2.05. The molecule has 0 saturated carbocycles. The summed E-state index contributed by atoms with van der Waals surface area (Å²) in [5, 5.41) is 8.70. The topological polar surface area (TPSA) is 37.3 Å². The van der Waals surface area contributed by atoms with E-state index in [0.717, 1.165) is 44.3 Å². The van der Waals surface area contributed by atoms with Crippen LogP contribution in [0.15, 0.2) is 0 Å². The highest BCUT2D eigenvalue weighted by molar-refractivity contribution is 8.00. The van der Waals surface area contributed by atoms with E-state index in [-0.39, 0.29) is 11.7 Å². The fourth-order valence-corrected chi connectivity index (χ4v) is 2.78. The number of hydrogen-bond donors (Lipinski definition) is 1. The smallest absolute Gasteiger partial charge is 0.316 e. The lowest BCUT2D eigenvalue weighted by molar-refractivity contribution is -0.136. The van der Waals surface area contributed by atoms with Crippen LogP contribution < -0.4 is 0 Å². The van der Waals surface area contributed by atoms with Gasteiger partial charge in [-0.1, -0.05) is 32.6 Å². The van der Waals surface area contributed by atoms with Gasteiger partial charge in [-0.15, -0.1) is 11.8 Å². The average molecular weight is 282 g/mol. The Balaban J connectivity index is 3.46. The first-order valence-electron chi connectivity index (χ1n) is 6.70. The van der Waals surface area contributed by atoms with E-state index in [1.807, 2.05) is 6.92 Å². The Morgan fingerprint density at radius 2 is 1.78 bits per heavy atom. The molecule has 1 N–H and O–H groups in total. The summed E-state index contributed by atoms with van der Waals surface area (Å²) in [4.78, 5) is 10.9. The molecule has 0 aromatic rings. The van der Waals surface area contributed by atoms with Crippen molar-refractivity contribution in [3.05, 3.63) is 0 Å². The molecule has 18 heavy (non-hydrogen) atoms. The number of thioether (sulfide) groups is 1. The number of aliphatic carboxylic acids is 1. The Morgan fingerprint density at radius 1 is 1.11 bits per heavy atom. The Morgan fingerprint density at radius 3 is 2.33 bits per heavy atom. The molecule has 0 aliphatic rings. The summed E-state index contributed by atoms with van der Waals surface area (Å²) in [5.41, 5.74) is 0. The van der Waals surface area contributed by atoms with Crippen LogP contribution in [-0.4, -0.2) is 28.5 Å². The van der Waals surface area contributed by atoms with Crippen molar-refractivity contribution in [1.82, 2.24) is 0 Å². The van der Waals surface area contributed by atoms with Crippen molar-refractivity contribution in [2.24, 2.45) is 0 Å². The van der Waals surface area contributed by atoms with Crippen molar-refractivity contribution in [1.29, 1.82) is 0 Å². The highest BCUT2D eigenvalue weighted by Crippen LogP contribution is 2.20. The predicted octanol–water partition coefficient (Wildman–Crippen LogP) is 4.58. The normalized spacial score (nSPS) is 12.9. The summed E-state index contributed by atoms with van der Waals surface area (Å²) in [6.07, 6.45) is 3.70. The van der Waals surface area contributed by atoms with Gasteiger partial charge in [0.05, 0.1) is 0 Å². The molecule has 0 aromatic carbocycles. The van der Waals surface area contributed by atoms with E-state index in [4.69, 9.17) is 5.11 Å². The summed E-state index contributed by atoms with van der Waals surface area (Å²) < 4.78 is 23.7. The SMILES string of the molecule is CCCCC(SCCCCCCC(F)F)C(=O)O. The second kappa shape index (κ2) is 11.8. The highest BCUT2D eigenvalue weighted by Gasteiger charge is 2.16. The number of halogens is 2. The third-order valence-corrected chi connectivity index (χ3v) is 4.10. The molecule has 0 bridgehead atoms. The quantitative estimate of drug-likeness (QED) is 0.532. The second-order valence-electron chi connectivity index (χ2n) is 4.43. The van der Waals surface area contributed by atoms with Crippen LogP contribution in [0.4, 0.5) is 8.78 Å². The second-order valence-corrected chi connectivity index (χ2v) is 5.74. The Bertz CT molecular complexity index is 213. The van der Waals surface area contributed by atoms with Gasteiger partial charge in [-0.25, -0.2) is 8.78 Å². The zero-order valence-corrected chi connectivity index (χ0v) is 11.9. The Hall–Kier alpha value is -0.320. The fraction of sp³-hybridized carbons (Fsp3) is 0.923. The van der Waals surface area contributed by atoms with E-state index < -0.39 is 12.4 Å². The summed E-state index contributed by atoms with van der Waals surface area (Å²) in [5.74, 6) is 0.0844. The van der Waals surface area contributed by atoms with Crippen LogP contribution in [0.25, 0.3) is 0 Å². The van der Waals surface area contributed by atoms with E-state index in [1.165, 1.54) is 11.8 Å². The number of rotatable bonds is 12. The van der Waals surface area contributed by atoms with Gasteiger partial charge in [0, 0.05) is 6.42 Å². The van der Waals surface area contributed by atoms with E-state index in [1.54, 1.807) is 0 Å². The summed E-state index contributed by atoms with van der Waals surface area (Å²) in [7, 11) is 0. The van der Waals surface area contributed by atoms with Gasteiger partial charge in [0.15, 0.2) is 0 Å². The molecule has 0 aliphatic carbocycles. The molecule has 2 nitrogen and oxygen atoms in total. The van der Waals surface area contributed by atoms with Crippen molar-refractivity contribution in [2.45, 2.75) is 70.0 Å². The van der Waals surface area contributed by atoms with Crippen LogP contribution in [-0.2, 0) is 4.79 Å². The third-order valence-electron chi connectivity index (χ3n) is 2.73. The minimum Gasteiger partial charge on any atom is -0.480 e. The first kappa shape index (κ1) is 17.7. The molecule has 0 saturated heterocycles. The van der Waals surface area contributed by atoms with Gasteiger partial charge in [0.2, 0.25) is 6.43 Å². The molecule has 1 unspecified atom stereocenters. The molecule has 0 aromatic heterocycles. The molecule has 0 fully saturated rings. The standard InChI is InChI=1S/C13H24F2O2S/c1-2-3-8-11(13(16)17)18-10-7-5-4-6-9-12(14)15/h11-12H,2-10H2,1H3,(H,16,17). The lowest BCUT2D eigenvalue weighted by Gasteiger charge is -2.11. The molecule has 0 heterocycles. The van der Waals surface area contributed by atoms with Crippen LogP contribution in [0, 0.1) is 0 Å². The average Bonchev–Trinajstić information content (AvgIpc) is 2.30. The van der Waals surface area contributed by atoms with Crippen molar-refractivity contribution in [2.75, 3.05) is 5.75 Å². The van der Waals surface area contributed by atoms with Crippen LogP contribution in [0.3, 0.4) is 0 Å². The van der Waals surface area contributed by atoms with Crippen molar-refractivity contribution in [3.63, 3.8) is 0 Å². The van der Waals surface area contributed by atoms with Gasteiger partial charge in [-0.05, 0) is 25.0 Å². The van der Waals surface area contributed by atoms with Crippen LogP contribution in [0.2, 0.25) is 0 Å². The largest absolute Gasteiger partial charge is 0.480 e. The molecule has 108 valence electrons.